The molecule has 1 aliphatic rings. The number of carboxylic acid groups (broad SMARTS) is 1. The highest BCUT2D eigenvalue weighted by Gasteiger charge is 2.23. The minimum atomic E-state index is -0.747. The molecule has 1 aliphatic heterocycles. The van der Waals surface area contributed by atoms with Crippen LogP contribution in [0.1, 0.15) is 18.6 Å². The fraction of sp³-hybridized carbons (Fsp3) is 0.583. The largest absolute Gasteiger partial charge is 0.481 e. The molecule has 2 heterocycles. The van der Waals surface area contributed by atoms with Gasteiger partial charge in [-0.3, -0.25) is 9.69 Å². The molecule has 94 valence electrons. The lowest BCUT2D eigenvalue weighted by Gasteiger charge is -2.27. The van der Waals surface area contributed by atoms with Crippen LogP contribution < -0.4 is 5.32 Å². The molecule has 1 aromatic rings. The summed E-state index contributed by atoms with van der Waals surface area (Å²) in [6.45, 7) is 3.27. The van der Waals surface area contributed by atoms with Crippen LogP contribution in [-0.2, 0) is 11.3 Å². The predicted molar refractivity (Wildman–Crippen MR) is 62.6 cm³/mol. The highest BCUT2D eigenvalue weighted by atomic mass is 16.4. The summed E-state index contributed by atoms with van der Waals surface area (Å²) in [7, 11) is 0. The molecule has 1 aromatic heterocycles. The van der Waals surface area contributed by atoms with E-state index in [1.54, 1.807) is 6.26 Å². The molecule has 0 amide bonds. The van der Waals surface area contributed by atoms with Gasteiger partial charge in [-0.25, -0.2) is 0 Å². The number of furan rings is 1. The Balaban J connectivity index is 2.00. The molecule has 0 aliphatic carbocycles. The van der Waals surface area contributed by atoms with Gasteiger partial charge in [0.05, 0.1) is 19.2 Å². The molecule has 17 heavy (non-hydrogen) atoms. The van der Waals surface area contributed by atoms with Crippen LogP contribution in [0.2, 0.25) is 0 Å². The number of aliphatic carboxylic acids is 1. The molecule has 0 radical (unpaired) electrons. The Morgan fingerprint density at radius 3 is 3.24 bits per heavy atom. The lowest BCUT2D eigenvalue weighted by atomic mass is 10.1. The lowest BCUT2D eigenvalue weighted by Crippen LogP contribution is -2.40. The van der Waals surface area contributed by atoms with Gasteiger partial charge in [-0.2, -0.15) is 0 Å². The summed E-state index contributed by atoms with van der Waals surface area (Å²) in [6.07, 6.45) is 2.86. The monoisotopic (exact) mass is 238 g/mol. The van der Waals surface area contributed by atoms with E-state index < -0.39 is 5.97 Å². The minimum absolute atomic E-state index is 0.0418. The summed E-state index contributed by atoms with van der Waals surface area (Å²) in [5, 5.41) is 12.2. The van der Waals surface area contributed by atoms with Crippen LogP contribution in [-0.4, -0.2) is 41.7 Å². The van der Waals surface area contributed by atoms with Gasteiger partial charge in [0, 0.05) is 19.1 Å². The number of nitrogens with one attached hydrogen (secondary N) is 1. The van der Waals surface area contributed by atoms with E-state index in [0.29, 0.717) is 6.54 Å². The first-order valence-corrected chi connectivity index (χ1v) is 5.94. The van der Waals surface area contributed by atoms with Crippen LogP contribution in [0.15, 0.2) is 22.8 Å². The first kappa shape index (κ1) is 12.1. The third-order valence-corrected chi connectivity index (χ3v) is 3.04. The number of carboxylic acids is 1. The summed E-state index contributed by atoms with van der Waals surface area (Å²) in [5.41, 5.74) is 0. The zero-order chi connectivity index (χ0) is 12.1. The van der Waals surface area contributed by atoms with Gasteiger partial charge in [-0.05, 0) is 25.1 Å². The van der Waals surface area contributed by atoms with Crippen molar-refractivity contribution in [1.82, 2.24) is 10.2 Å². The van der Waals surface area contributed by atoms with Gasteiger partial charge in [0.25, 0.3) is 0 Å². The molecule has 1 atom stereocenters. The molecule has 1 saturated heterocycles. The quantitative estimate of drug-likeness (QED) is 0.816. The lowest BCUT2D eigenvalue weighted by molar-refractivity contribution is -0.138. The van der Waals surface area contributed by atoms with E-state index in [-0.39, 0.29) is 12.5 Å². The van der Waals surface area contributed by atoms with E-state index in [0.717, 1.165) is 31.8 Å². The third kappa shape index (κ3) is 3.57. The predicted octanol–water partition coefficient (Wildman–Crippen LogP) is 0.918. The van der Waals surface area contributed by atoms with Gasteiger partial charge in [0.15, 0.2) is 0 Å². The first-order valence-electron chi connectivity index (χ1n) is 5.94. The second kappa shape index (κ2) is 5.84. The fourth-order valence-electron chi connectivity index (χ4n) is 2.20. The highest BCUT2D eigenvalue weighted by Crippen LogP contribution is 2.13. The van der Waals surface area contributed by atoms with Crippen LogP contribution in [0.4, 0.5) is 0 Å². The van der Waals surface area contributed by atoms with Gasteiger partial charge in [-0.1, -0.05) is 0 Å². The summed E-state index contributed by atoms with van der Waals surface area (Å²) in [5.74, 6) is 0.144. The molecule has 5 heteroatoms. The Kier molecular flexibility index (Phi) is 4.17. The zero-order valence-electron chi connectivity index (χ0n) is 9.76. The van der Waals surface area contributed by atoms with Crippen molar-refractivity contribution in [2.75, 3.05) is 19.6 Å². The molecule has 2 N–H and O–H groups in total. The molecule has 0 spiro atoms. The average Bonchev–Trinajstić information content (AvgIpc) is 2.69. The Hall–Kier alpha value is -1.33. The van der Waals surface area contributed by atoms with Gasteiger partial charge < -0.3 is 14.8 Å². The Labute approximate surface area is 100 Å². The van der Waals surface area contributed by atoms with Crippen LogP contribution in [0.5, 0.6) is 0 Å². The maximum Gasteiger partial charge on any atom is 0.304 e. The van der Waals surface area contributed by atoms with Crippen molar-refractivity contribution in [1.29, 1.82) is 0 Å². The normalized spacial score (nSPS) is 22.2. The molecule has 2 rings (SSSR count). The third-order valence-electron chi connectivity index (χ3n) is 3.04. The number of carbonyl (C=O) groups is 1. The molecular weight excluding hydrogens is 220 g/mol. The van der Waals surface area contributed by atoms with E-state index >= 15 is 0 Å². The van der Waals surface area contributed by atoms with E-state index in [2.05, 4.69) is 10.2 Å². The van der Waals surface area contributed by atoms with Gasteiger partial charge in [-0.15, -0.1) is 0 Å². The molecule has 0 bridgehead atoms. The smallest absolute Gasteiger partial charge is 0.304 e. The zero-order valence-corrected chi connectivity index (χ0v) is 9.76. The maximum absolute atomic E-state index is 10.8. The molecule has 5 nitrogen and oxygen atoms in total. The van der Waals surface area contributed by atoms with Crippen molar-refractivity contribution in [2.45, 2.75) is 25.4 Å². The summed E-state index contributed by atoms with van der Waals surface area (Å²) in [4.78, 5) is 13.0. The fourth-order valence-corrected chi connectivity index (χ4v) is 2.20. The molecule has 0 aromatic carbocycles. The summed E-state index contributed by atoms with van der Waals surface area (Å²) >= 11 is 0. The standard InChI is InChI=1S/C12H18N2O3/c15-12(16)7-10-8-13-4-2-5-14(10)9-11-3-1-6-17-11/h1,3,6,10,13H,2,4-5,7-9H2,(H,15,16). The number of rotatable bonds is 4. The van der Waals surface area contributed by atoms with Crippen molar-refractivity contribution in [3.05, 3.63) is 24.2 Å². The van der Waals surface area contributed by atoms with E-state index in [4.69, 9.17) is 9.52 Å². The van der Waals surface area contributed by atoms with Crippen molar-refractivity contribution >= 4 is 5.97 Å². The average molecular weight is 238 g/mol. The van der Waals surface area contributed by atoms with Crippen molar-refractivity contribution in [2.24, 2.45) is 0 Å². The summed E-state index contributed by atoms with van der Waals surface area (Å²) < 4.78 is 5.32. The molecule has 1 fully saturated rings. The van der Waals surface area contributed by atoms with Gasteiger partial charge in [0.2, 0.25) is 0 Å². The number of hydrogen-bond donors (Lipinski definition) is 2. The van der Waals surface area contributed by atoms with E-state index in [1.807, 2.05) is 12.1 Å². The van der Waals surface area contributed by atoms with E-state index in [9.17, 15) is 4.79 Å². The van der Waals surface area contributed by atoms with E-state index in [1.165, 1.54) is 0 Å². The summed E-state index contributed by atoms with van der Waals surface area (Å²) in [6, 6.07) is 3.83. The van der Waals surface area contributed by atoms with Crippen LogP contribution in [0, 0.1) is 0 Å². The highest BCUT2D eigenvalue weighted by molar-refractivity contribution is 5.67. The Bertz CT molecular complexity index is 351. The second-order valence-electron chi connectivity index (χ2n) is 4.36. The molecular formula is C12H18N2O3. The SMILES string of the molecule is O=C(O)CC1CNCCCN1Cc1ccco1. The number of hydrogen-bond acceptors (Lipinski definition) is 4. The van der Waals surface area contributed by atoms with Gasteiger partial charge >= 0.3 is 5.97 Å². The van der Waals surface area contributed by atoms with Crippen molar-refractivity contribution in [3.8, 4) is 0 Å². The van der Waals surface area contributed by atoms with Crippen LogP contribution >= 0.6 is 0 Å². The second-order valence-corrected chi connectivity index (χ2v) is 4.36. The minimum Gasteiger partial charge on any atom is -0.481 e. The Morgan fingerprint density at radius 1 is 1.65 bits per heavy atom. The first-order chi connectivity index (χ1) is 8.25. The van der Waals surface area contributed by atoms with Crippen molar-refractivity contribution in [3.63, 3.8) is 0 Å². The number of nitrogens with zero attached hydrogens (tertiary/aromatic N) is 1. The van der Waals surface area contributed by atoms with Crippen molar-refractivity contribution < 1.29 is 14.3 Å². The van der Waals surface area contributed by atoms with Gasteiger partial charge in [0.1, 0.15) is 5.76 Å². The maximum atomic E-state index is 10.8. The molecule has 1 unspecified atom stereocenters. The molecule has 0 saturated carbocycles. The Morgan fingerprint density at radius 2 is 2.53 bits per heavy atom. The topological polar surface area (TPSA) is 65.7 Å². The van der Waals surface area contributed by atoms with Crippen LogP contribution in [0.25, 0.3) is 0 Å². The van der Waals surface area contributed by atoms with Crippen LogP contribution in [0.3, 0.4) is 0 Å².